The highest BCUT2D eigenvalue weighted by Gasteiger charge is 2.53. The summed E-state index contributed by atoms with van der Waals surface area (Å²) in [5, 5.41) is 19.2. The van der Waals surface area contributed by atoms with Crippen LogP contribution in [-0.2, 0) is 13.0 Å². The molecule has 6 rings (SSSR count). The van der Waals surface area contributed by atoms with E-state index >= 15 is 0 Å². The minimum atomic E-state index is -0.748. The molecule has 2 fully saturated rings. The standard InChI is InChI=1S/C33H34F2N2O3/c1-33-14-13-26-25-8-6-24(38)16-21(25)4-7-27(26)28(33)9-12-32(33)37-36-18-20-3-10-30(39-2)22(15-20)19-40-31-11-5-23(34)17-29(31)35/h3,5-6,8,10-11,15-18,26-28,38H,4,7,9,12-14,19H2,1-2H3. The van der Waals surface area contributed by atoms with E-state index in [0.717, 1.165) is 61.8 Å². The molecule has 4 unspecified atom stereocenters. The zero-order valence-electron chi connectivity index (χ0n) is 22.9. The number of methoxy groups -OCH3 is 1. The first-order valence-corrected chi connectivity index (χ1v) is 14.0. The van der Waals surface area contributed by atoms with Gasteiger partial charge < -0.3 is 14.6 Å². The Kier molecular flexibility index (Phi) is 7.07. The Morgan fingerprint density at radius 2 is 1.85 bits per heavy atom. The van der Waals surface area contributed by atoms with E-state index in [9.17, 15) is 13.9 Å². The van der Waals surface area contributed by atoms with Crippen molar-refractivity contribution in [2.24, 2.45) is 27.5 Å². The van der Waals surface area contributed by atoms with Gasteiger partial charge in [-0.3, -0.25) is 0 Å². The summed E-state index contributed by atoms with van der Waals surface area (Å²) in [4.78, 5) is 0. The molecule has 3 aromatic rings. The molecule has 3 aliphatic rings. The van der Waals surface area contributed by atoms with Crippen molar-refractivity contribution >= 4 is 11.9 Å². The SMILES string of the molecule is COc1ccc(C=NN=C2CCC3C4CCc5cc(O)ccc5C4CCC23C)cc1COc1ccc(F)cc1F. The molecule has 208 valence electrons. The number of hydrogen-bond acceptors (Lipinski definition) is 5. The van der Waals surface area contributed by atoms with Crippen LogP contribution in [0.2, 0.25) is 0 Å². The number of aromatic hydroxyl groups is 1. The summed E-state index contributed by atoms with van der Waals surface area (Å²) in [5.74, 6) is 1.36. The van der Waals surface area contributed by atoms with Gasteiger partial charge in [0.05, 0.1) is 13.3 Å². The number of phenolic OH excluding ortho intramolecular Hbond substituents is 1. The fourth-order valence-electron chi connectivity index (χ4n) is 7.43. The van der Waals surface area contributed by atoms with Crippen molar-refractivity contribution in [1.82, 2.24) is 0 Å². The molecule has 2 saturated carbocycles. The molecular formula is C33H34F2N2O3. The summed E-state index contributed by atoms with van der Waals surface area (Å²) in [6, 6.07) is 14.8. The summed E-state index contributed by atoms with van der Waals surface area (Å²) >= 11 is 0. The number of benzene rings is 3. The van der Waals surface area contributed by atoms with Crippen LogP contribution in [-0.4, -0.2) is 24.1 Å². The average molecular weight is 545 g/mol. The van der Waals surface area contributed by atoms with Gasteiger partial charge in [-0.1, -0.05) is 13.0 Å². The van der Waals surface area contributed by atoms with Gasteiger partial charge in [0.15, 0.2) is 11.6 Å². The molecule has 0 radical (unpaired) electrons. The van der Waals surface area contributed by atoms with Gasteiger partial charge in [0.2, 0.25) is 0 Å². The van der Waals surface area contributed by atoms with E-state index in [1.807, 2.05) is 30.3 Å². The Bertz CT molecular complexity index is 1490. The number of fused-ring (bicyclic) bond motifs is 5. The smallest absolute Gasteiger partial charge is 0.167 e. The van der Waals surface area contributed by atoms with Crippen LogP contribution >= 0.6 is 0 Å². The predicted octanol–water partition coefficient (Wildman–Crippen LogP) is 7.59. The molecule has 3 aromatic carbocycles. The Morgan fingerprint density at radius 3 is 2.67 bits per heavy atom. The summed E-state index contributed by atoms with van der Waals surface area (Å²) in [6.45, 7) is 2.44. The van der Waals surface area contributed by atoms with Gasteiger partial charge in [-0.2, -0.15) is 10.2 Å². The molecule has 0 saturated heterocycles. The third kappa shape index (κ3) is 4.87. The molecule has 40 heavy (non-hydrogen) atoms. The van der Waals surface area contributed by atoms with Gasteiger partial charge in [-0.15, -0.1) is 0 Å². The lowest BCUT2D eigenvalue weighted by Gasteiger charge is -2.49. The minimum Gasteiger partial charge on any atom is -0.508 e. The number of aryl methyl sites for hydroxylation is 1. The van der Waals surface area contributed by atoms with Crippen LogP contribution in [0.3, 0.4) is 0 Å². The maximum atomic E-state index is 14.0. The number of phenols is 1. The van der Waals surface area contributed by atoms with Crippen molar-refractivity contribution in [2.45, 2.75) is 58.0 Å². The van der Waals surface area contributed by atoms with E-state index in [1.54, 1.807) is 13.3 Å². The van der Waals surface area contributed by atoms with E-state index in [2.05, 4.69) is 18.1 Å². The van der Waals surface area contributed by atoms with Crippen molar-refractivity contribution in [3.05, 3.63) is 88.5 Å². The quantitative estimate of drug-likeness (QED) is 0.257. The first kappa shape index (κ1) is 26.5. The molecule has 5 nitrogen and oxygen atoms in total. The predicted molar refractivity (Wildman–Crippen MR) is 151 cm³/mol. The first-order chi connectivity index (χ1) is 19.4. The van der Waals surface area contributed by atoms with Crippen LogP contribution in [0, 0.1) is 28.9 Å². The van der Waals surface area contributed by atoms with Gasteiger partial charge in [-0.25, -0.2) is 8.78 Å². The fraction of sp³-hybridized carbons (Fsp3) is 0.394. The van der Waals surface area contributed by atoms with Crippen molar-refractivity contribution in [1.29, 1.82) is 0 Å². The van der Waals surface area contributed by atoms with Crippen LogP contribution in [0.15, 0.2) is 64.8 Å². The van der Waals surface area contributed by atoms with Crippen LogP contribution < -0.4 is 9.47 Å². The first-order valence-electron chi connectivity index (χ1n) is 14.0. The van der Waals surface area contributed by atoms with Gasteiger partial charge >= 0.3 is 0 Å². The Balaban J connectivity index is 1.17. The lowest BCUT2D eigenvalue weighted by molar-refractivity contribution is 0.0955. The van der Waals surface area contributed by atoms with E-state index in [4.69, 9.17) is 14.6 Å². The molecule has 3 aliphatic carbocycles. The van der Waals surface area contributed by atoms with E-state index in [0.29, 0.717) is 29.3 Å². The Labute approximate surface area is 233 Å². The molecular weight excluding hydrogens is 510 g/mol. The highest BCUT2D eigenvalue weighted by Crippen LogP contribution is 2.60. The number of ether oxygens (including phenoxy) is 2. The Hall–Kier alpha value is -3.74. The fourth-order valence-corrected chi connectivity index (χ4v) is 7.43. The summed E-state index contributed by atoms with van der Waals surface area (Å²) in [5.41, 5.74) is 5.55. The lowest BCUT2D eigenvalue weighted by Crippen LogP contribution is -2.42. The second-order valence-corrected chi connectivity index (χ2v) is 11.5. The van der Waals surface area contributed by atoms with E-state index < -0.39 is 11.6 Å². The van der Waals surface area contributed by atoms with Crippen LogP contribution in [0.4, 0.5) is 8.78 Å². The van der Waals surface area contributed by atoms with Crippen molar-refractivity contribution in [3.8, 4) is 17.2 Å². The van der Waals surface area contributed by atoms with E-state index in [1.165, 1.54) is 22.9 Å². The van der Waals surface area contributed by atoms with Crippen molar-refractivity contribution in [3.63, 3.8) is 0 Å². The number of rotatable bonds is 6. The monoisotopic (exact) mass is 544 g/mol. The summed E-state index contributed by atoms with van der Waals surface area (Å²) in [7, 11) is 1.57. The molecule has 7 heteroatoms. The lowest BCUT2D eigenvalue weighted by atomic mass is 9.55. The topological polar surface area (TPSA) is 63.4 Å². The summed E-state index contributed by atoms with van der Waals surface area (Å²) < 4.78 is 38.3. The third-order valence-corrected chi connectivity index (χ3v) is 9.42. The second kappa shape index (κ2) is 10.7. The molecule has 0 aromatic heterocycles. The number of hydrogen-bond donors (Lipinski definition) is 1. The molecule has 0 heterocycles. The number of nitrogens with zero attached hydrogens (tertiary/aromatic N) is 2. The van der Waals surface area contributed by atoms with E-state index in [-0.39, 0.29) is 17.8 Å². The minimum absolute atomic E-state index is 0.0210. The zero-order valence-corrected chi connectivity index (χ0v) is 22.9. The zero-order chi connectivity index (χ0) is 27.9. The van der Waals surface area contributed by atoms with Crippen molar-refractivity contribution < 1.29 is 23.4 Å². The average Bonchev–Trinajstić information content (AvgIpc) is 3.28. The van der Waals surface area contributed by atoms with Gasteiger partial charge in [0, 0.05) is 22.8 Å². The van der Waals surface area contributed by atoms with Crippen LogP contribution in [0.1, 0.15) is 67.2 Å². The number of halogens is 2. The van der Waals surface area contributed by atoms with Gasteiger partial charge in [-0.05, 0) is 115 Å². The van der Waals surface area contributed by atoms with Crippen LogP contribution in [0.5, 0.6) is 17.2 Å². The molecule has 1 N–H and O–H groups in total. The molecule has 0 aliphatic heterocycles. The highest BCUT2D eigenvalue weighted by atomic mass is 19.1. The highest BCUT2D eigenvalue weighted by molar-refractivity contribution is 5.93. The van der Waals surface area contributed by atoms with Gasteiger partial charge in [0.1, 0.15) is 23.9 Å². The molecule has 0 bridgehead atoms. The molecule has 4 atom stereocenters. The normalized spacial score (nSPS) is 26.4. The Morgan fingerprint density at radius 1 is 1.00 bits per heavy atom. The molecule has 0 amide bonds. The summed E-state index contributed by atoms with van der Waals surface area (Å²) in [6.07, 6.45) is 8.26. The largest absolute Gasteiger partial charge is 0.508 e. The molecule has 0 spiro atoms. The second-order valence-electron chi connectivity index (χ2n) is 11.5. The van der Waals surface area contributed by atoms with Gasteiger partial charge in [0.25, 0.3) is 0 Å². The van der Waals surface area contributed by atoms with Crippen molar-refractivity contribution in [2.75, 3.05) is 7.11 Å². The maximum Gasteiger partial charge on any atom is 0.167 e. The maximum absolute atomic E-state index is 14.0. The van der Waals surface area contributed by atoms with Crippen LogP contribution in [0.25, 0.3) is 0 Å². The third-order valence-electron chi connectivity index (χ3n) is 9.42.